The molecule has 3 nitrogen and oxygen atoms in total. The lowest BCUT2D eigenvalue weighted by molar-refractivity contribution is -0.151. The lowest BCUT2D eigenvalue weighted by Gasteiger charge is -2.41. The van der Waals surface area contributed by atoms with Gasteiger partial charge in [0, 0.05) is 12.0 Å². The smallest absolute Gasteiger partial charge is 0.140 e. The minimum absolute atomic E-state index is 0.491. The minimum atomic E-state index is -0.697. The van der Waals surface area contributed by atoms with Crippen molar-refractivity contribution in [3.8, 4) is 0 Å². The summed E-state index contributed by atoms with van der Waals surface area (Å²) in [6.45, 7) is 4.88. The van der Waals surface area contributed by atoms with E-state index in [2.05, 4.69) is 6.92 Å². The van der Waals surface area contributed by atoms with Crippen molar-refractivity contribution in [2.45, 2.75) is 51.2 Å². The average molecular weight is 288 g/mol. The average Bonchev–Trinajstić information content (AvgIpc) is 2.93. The Kier molecular flexibility index (Phi) is 4.05. The first-order chi connectivity index (χ1) is 10.1. The van der Waals surface area contributed by atoms with Crippen LogP contribution in [0.1, 0.15) is 51.4 Å². The van der Waals surface area contributed by atoms with Crippen LogP contribution < -0.4 is 0 Å². The number of aliphatic hydroxyl groups is 1. The van der Waals surface area contributed by atoms with Crippen LogP contribution in [-0.4, -0.2) is 17.3 Å². The first-order valence-electron chi connectivity index (χ1n) is 7.95. The van der Waals surface area contributed by atoms with Crippen LogP contribution in [0.4, 0.5) is 0 Å². The Morgan fingerprint density at radius 1 is 1.33 bits per heavy atom. The highest BCUT2D eigenvalue weighted by Crippen LogP contribution is 2.44. The fourth-order valence-corrected chi connectivity index (χ4v) is 3.43. The maximum atomic E-state index is 10.9. The largest absolute Gasteiger partial charge is 0.458 e. The van der Waals surface area contributed by atoms with E-state index < -0.39 is 11.7 Å². The van der Waals surface area contributed by atoms with Gasteiger partial charge in [0.2, 0.25) is 0 Å². The summed E-state index contributed by atoms with van der Waals surface area (Å²) in [5, 5.41) is 11.9. The van der Waals surface area contributed by atoms with Crippen LogP contribution in [0.2, 0.25) is 0 Å². The maximum Gasteiger partial charge on any atom is 0.140 e. The Hall–Kier alpha value is -1.32. The standard InChI is InChI=1S/C18H24O3/c1-3-20-18(10-8-13(2)9-11-18)17(19)16-12-14-6-4-5-7-15(14)21-16/h4-7,12-13,17,19H,3,8-11H2,1-2H3. The summed E-state index contributed by atoms with van der Waals surface area (Å²) in [5.74, 6) is 1.33. The van der Waals surface area contributed by atoms with Crippen LogP contribution in [0.25, 0.3) is 11.0 Å². The molecule has 3 rings (SSSR count). The zero-order chi connectivity index (χ0) is 14.9. The number of fused-ring (bicyclic) bond motifs is 1. The van der Waals surface area contributed by atoms with Gasteiger partial charge in [0.25, 0.3) is 0 Å². The van der Waals surface area contributed by atoms with Crippen molar-refractivity contribution in [3.63, 3.8) is 0 Å². The molecule has 0 spiro atoms. The lowest BCUT2D eigenvalue weighted by atomic mass is 9.75. The molecule has 1 aliphatic carbocycles. The summed E-state index contributed by atoms with van der Waals surface area (Å²) in [5.41, 5.74) is 0.331. The van der Waals surface area contributed by atoms with Gasteiger partial charge in [0.15, 0.2) is 0 Å². The van der Waals surface area contributed by atoms with Crippen molar-refractivity contribution >= 4 is 11.0 Å². The van der Waals surface area contributed by atoms with Gasteiger partial charge in [-0.15, -0.1) is 0 Å². The predicted molar refractivity (Wildman–Crippen MR) is 83.2 cm³/mol. The van der Waals surface area contributed by atoms with E-state index in [0.717, 1.165) is 36.7 Å². The molecule has 1 unspecified atom stereocenters. The van der Waals surface area contributed by atoms with Gasteiger partial charge in [0.05, 0.1) is 0 Å². The monoisotopic (exact) mass is 288 g/mol. The predicted octanol–water partition coefficient (Wildman–Crippen LogP) is 4.45. The Labute approximate surface area is 125 Å². The van der Waals surface area contributed by atoms with E-state index in [1.54, 1.807) is 0 Å². The zero-order valence-corrected chi connectivity index (χ0v) is 12.8. The molecule has 1 fully saturated rings. The van der Waals surface area contributed by atoms with Gasteiger partial charge in [0.1, 0.15) is 23.0 Å². The van der Waals surface area contributed by atoms with E-state index in [-0.39, 0.29) is 0 Å². The summed E-state index contributed by atoms with van der Waals surface area (Å²) in [7, 11) is 0. The third-order valence-electron chi connectivity index (χ3n) is 4.76. The van der Waals surface area contributed by atoms with Gasteiger partial charge < -0.3 is 14.3 Å². The molecule has 1 heterocycles. The SMILES string of the molecule is CCOC1(C(O)c2cc3ccccc3o2)CCC(C)CC1. The molecular weight excluding hydrogens is 264 g/mol. The van der Waals surface area contributed by atoms with E-state index in [4.69, 9.17) is 9.15 Å². The molecule has 1 aromatic heterocycles. The van der Waals surface area contributed by atoms with E-state index in [1.807, 2.05) is 37.3 Å². The molecule has 0 amide bonds. The molecule has 1 atom stereocenters. The normalized spacial score (nSPS) is 27.9. The molecule has 1 saturated carbocycles. The highest BCUT2D eigenvalue weighted by atomic mass is 16.5. The number of hydrogen-bond donors (Lipinski definition) is 1. The second-order valence-electron chi connectivity index (χ2n) is 6.27. The van der Waals surface area contributed by atoms with Crippen LogP contribution in [0.3, 0.4) is 0 Å². The van der Waals surface area contributed by atoms with Gasteiger partial charge >= 0.3 is 0 Å². The molecule has 1 aromatic carbocycles. The van der Waals surface area contributed by atoms with E-state index in [0.29, 0.717) is 18.3 Å². The molecule has 2 aromatic rings. The summed E-state index contributed by atoms with van der Waals surface area (Å²) in [4.78, 5) is 0. The summed E-state index contributed by atoms with van der Waals surface area (Å²) >= 11 is 0. The molecule has 0 bridgehead atoms. The van der Waals surface area contributed by atoms with Crippen molar-refractivity contribution < 1.29 is 14.3 Å². The second-order valence-corrected chi connectivity index (χ2v) is 6.27. The maximum absolute atomic E-state index is 10.9. The van der Waals surface area contributed by atoms with Crippen LogP contribution in [-0.2, 0) is 4.74 Å². The molecule has 3 heteroatoms. The van der Waals surface area contributed by atoms with Crippen molar-refractivity contribution in [2.75, 3.05) is 6.61 Å². The fraction of sp³-hybridized carbons (Fsp3) is 0.556. The van der Waals surface area contributed by atoms with E-state index >= 15 is 0 Å². The Bertz CT molecular complexity index is 560. The van der Waals surface area contributed by atoms with Gasteiger partial charge in [-0.05, 0) is 50.7 Å². The molecule has 0 radical (unpaired) electrons. The van der Waals surface area contributed by atoms with Crippen LogP contribution >= 0.6 is 0 Å². The van der Waals surface area contributed by atoms with Crippen LogP contribution in [0.15, 0.2) is 34.7 Å². The van der Waals surface area contributed by atoms with Crippen molar-refractivity contribution in [1.29, 1.82) is 0 Å². The number of benzene rings is 1. The molecule has 1 aliphatic rings. The third kappa shape index (κ3) is 2.72. The number of ether oxygens (including phenoxy) is 1. The number of para-hydroxylation sites is 1. The van der Waals surface area contributed by atoms with E-state index in [1.165, 1.54) is 0 Å². The van der Waals surface area contributed by atoms with Crippen molar-refractivity contribution in [3.05, 3.63) is 36.1 Å². The number of furan rings is 1. The Morgan fingerprint density at radius 3 is 2.71 bits per heavy atom. The van der Waals surface area contributed by atoms with Gasteiger partial charge in [-0.2, -0.15) is 0 Å². The van der Waals surface area contributed by atoms with Crippen LogP contribution in [0, 0.1) is 5.92 Å². The summed E-state index contributed by atoms with van der Waals surface area (Å²) in [6.07, 6.45) is 3.27. The number of aliphatic hydroxyl groups excluding tert-OH is 1. The fourth-order valence-electron chi connectivity index (χ4n) is 3.43. The van der Waals surface area contributed by atoms with Crippen molar-refractivity contribution in [2.24, 2.45) is 5.92 Å². The minimum Gasteiger partial charge on any atom is -0.458 e. The van der Waals surface area contributed by atoms with Crippen molar-refractivity contribution in [1.82, 2.24) is 0 Å². The van der Waals surface area contributed by atoms with Gasteiger partial charge in [-0.25, -0.2) is 0 Å². The first-order valence-corrected chi connectivity index (χ1v) is 7.95. The van der Waals surface area contributed by atoms with Gasteiger partial charge in [-0.1, -0.05) is 25.1 Å². The lowest BCUT2D eigenvalue weighted by Crippen LogP contribution is -2.42. The summed E-state index contributed by atoms with van der Waals surface area (Å²) < 4.78 is 11.9. The summed E-state index contributed by atoms with van der Waals surface area (Å²) in [6, 6.07) is 9.81. The highest BCUT2D eigenvalue weighted by Gasteiger charge is 2.43. The topological polar surface area (TPSA) is 42.6 Å². The Balaban J connectivity index is 1.91. The van der Waals surface area contributed by atoms with E-state index in [9.17, 15) is 5.11 Å². The Morgan fingerprint density at radius 2 is 2.05 bits per heavy atom. The highest BCUT2D eigenvalue weighted by molar-refractivity contribution is 5.77. The van der Waals surface area contributed by atoms with Crippen LogP contribution in [0.5, 0.6) is 0 Å². The third-order valence-corrected chi connectivity index (χ3v) is 4.76. The number of rotatable bonds is 4. The van der Waals surface area contributed by atoms with Gasteiger partial charge in [-0.3, -0.25) is 0 Å². The second kappa shape index (κ2) is 5.82. The molecular formula is C18H24O3. The zero-order valence-electron chi connectivity index (χ0n) is 12.8. The first kappa shape index (κ1) is 14.6. The quantitative estimate of drug-likeness (QED) is 0.903. The molecule has 114 valence electrons. The molecule has 0 saturated heterocycles. The molecule has 1 N–H and O–H groups in total. The number of hydrogen-bond acceptors (Lipinski definition) is 3. The molecule has 0 aliphatic heterocycles. The molecule has 21 heavy (non-hydrogen) atoms.